The number of piperidine rings is 1. The number of nitrogens with zero attached hydrogens (tertiary/aromatic N) is 1. The minimum Gasteiger partial charge on any atom is -0.486 e. The van der Waals surface area contributed by atoms with Gasteiger partial charge in [-0.2, -0.15) is 0 Å². The fourth-order valence-corrected chi connectivity index (χ4v) is 4.25. The number of ether oxygens (including phenoxy) is 1. The molecule has 0 radical (unpaired) electrons. The molecule has 1 saturated heterocycles. The molecule has 2 heterocycles. The van der Waals surface area contributed by atoms with Crippen LogP contribution in [0.1, 0.15) is 58.6 Å². The van der Waals surface area contributed by atoms with Gasteiger partial charge in [-0.1, -0.05) is 6.42 Å². The van der Waals surface area contributed by atoms with E-state index in [0.717, 1.165) is 12.8 Å². The Morgan fingerprint density at radius 3 is 2.50 bits per heavy atom. The van der Waals surface area contributed by atoms with Crippen LogP contribution in [0.3, 0.4) is 0 Å². The second-order valence-corrected chi connectivity index (χ2v) is 7.35. The van der Waals surface area contributed by atoms with Gasteiger partial charge in [-0.25, -0.2) is 4.39 Å². The first-order valence-electron chi connectivity index (χ1n) is 8.25. The molecular formula is C18H26FNO2. The smallest absolute Gasteiger partial charge is 0.126 e. The first-order valence-corrected chi connectivity index (χ1v) is 8.25. The Hall–Kier alpha value is -1.13. The molecule has 1 fully saturated rings. The predicted octanol–water partition coefficient (Wildman–Crippen LogP) is 3.66. The molecule has 4 atom stereocenters. The summed E-state index contributed by atoms with van der Waals surface area (Å²) in [6, 6.07) is 5.01. The number of benzene rings is 1. The number of likely N-dealkylation sites (tertiary alicyclic amines) is 1. The Morgan fingerprint density at radius 2 is 1.86 bits per heavy atom. The van der Waals surface area contributed by atoms with Crippen molar-refractivity contribution < 1.29 is 14.2 Å². The summed E-state index contributed by atoms with van der Waals surface area (Å²) in [7, 11) is 0. The van der Waals surface area contributed by atoms with E-state index < -0.39 is 11.7 Å². The number of rotatable bonds is 1. The van der Waals surface area contributed by atoms with E-state index in [1.54, 1.807) is 6.07 Å². The Labute approximate surface area is 132 Å². The summed E-state index contributed by atoms with van der Waals surface area (Å²) in [5.74, 6) is 0.257. The van der Waals surface area contributed by atoms with Gasteiger partial charge in [-0.15, -0.1) is 0 Å². The maximum absolute atomic E-state index is 13.6. The highest BCUT2D eigenvalue weighted by molar-refractivity contribution is 5.40. The summed E-state index contributed by atoms with van der Waals surface area (Å²) in [6.45, 7) is 8.45. The lowest BCUT2D eigenvalue weighted by molar-refractivity contribution is -0.115. The predicted molar refractivity (Wildman–Crippen MR) is 84.5 cm³/mol. The monoisotopic (exact) mass is 307 g/mol. The molecule has 1 aromatic rings. The van der Waals surface area contributed by atoms with Gasteiger partial charge in [0, 0.05) is 17.6 Å². The van der Waals surface area contributed by atoms with Crippen molar-refractivity contribution >= 4 is 0 Å². The van der Waals surface area contributed by atoms with Crippen LogP contribution in [0.2, 0.25) is 0 Å². The Bertz CT molecular complexity index is 550. The molecule has 3 nitrogen and oxygen atoms in total. The zero-order chi connectivity index (χ0) is 16.1. The molecule has 4 heteroatoms. The van der Waals surface area contributed by atoms with Crippen LogP contribution in [0.4, 0.5) is 4.39 Å². The average molecular weight is 307 g/mol. The van der Waals surface area contributed by atoms with Crippen molar-refractivity contribution in [1.29, 1.82) is 0 Å². The molecule has 122 valence electrons. The third-order valence-corrected chi connectivity index (χ3v) is 5.26. The summed E-state index contributed by atoms with van der Waals surface area (Å²) in [6.07, 6.45) is 2.73. The van der Waals surface area contributed by atoms with E-state index in [9.17, 15) is 9.50 Å². The van der Waals surface area contributed by atoms with Gasteiger partial charge in [0.05, 0.1) is 6.04 Å². The van der Waals surface area contributed by atoms with Gasteiger partial charge in [0.1, 0.15) is 23.3 Å². The van der Waals surface area contributed by atoms with Crippen molar-refractivity contribution in [2.24, 2.45) is 0 Å². The van der Waals surface area contributed by atoms with Gasteiger partial charge in [-0.05, 0) is 58.7 Å². The fourth-order valence-electron chi connectivity index (χ4n) is 4.25. The normalized spacial score (nSPS) is 34.8. The van der Waals surface area contributed by atoms with Crippen LogP contribution in [0.15, 0.2) is 18.2 Å². The van der Waals surface area contributed by atoms with E-state index in [2.05, 4.69) is 18.7 Å². The van der Waals surface area contributed by atoms with E-state index in [1.165, 1.54) is 18.6 Å². The van der Waals surface area contributed by atoms with E-state index >= 15 is 0 Å². The van der Waals surface area contributed by atoms with Gasteiger partial charge >= 0.3 is 0 Å². The molecule has 1 aromatic carbocycles. The van der Waals surface area contributed by atoms with Crippen molar-refractivity contribution in [3.8, 4) is 5.75 Å². The highest BCUT2D eigenvalue weighted by Crippen LogP contribution is 2.44. The average Bonchev–Trinajstić information content (AvgIpc) is 2.42. The number of aliphatic hydroxyl groups excluding tert-OH is 1. The van der Waals surface area contributed by atoms with Gasteiger partial charge in [0.2, 0.25) is 0 Å². The van der Waals surface area contributed by atoms with Crippen molar-refractivity contribution in [3.05, 3.63) is 29.6 Å². The van der Waals surface area contributed by atoms with Crippen molar-refractivity contribution in [1.82, 2.24) is 4.90 Å². The number of aliphatic hydroxyl groups is 1. The van der Waals surface area contributed by atoms with Crippen LogP contribution in [-0.4, -0.2) is 33.7 Å². The van der Waals surface area contributed by atoms with Crippen LogP contribution in [-0.2, 0) is 0 Å². The summed E-state index contributed by atoms with van der Waals surface area (Å²) in [5, 5.41) is 11.0. The molecule has 0 aliphatic carbocycles. The molecule has 3 rings (SSSR count). The van der Waals surface area contributed by atoms with Gasteiger partial charge in [0.25, 0.3) is 0 Å². The molecule has 4 unspecified atom stereocenters. The molecule has 0 amide bonds. The molecule has 0 bridgehead atoms. The highest BCUT2D eigenvalue weighted by Gasteiger charge is 2.49. The van der Waals surface area contributed by atoms with Gasteiger partial charge in [-0.3, -0.25) is 4.90 Å². The summed E-state index contributed by atoms with van der Waals surface area (Å²) >= 11 is 0. The molecular weight excluding hydrogens is 281 g/mol. The van der Waals surface area contributed by atoms with Crippen LogP contribution < -0.4 is 4.74 Å². The maximum atomic E-state index is 13.6. The number of hydrogen-bond donors (Lipinski definition) is 1. The minimum atomic E-state index is -0.738. The van der Waals surface area contributed by atoms with Crippen LogP contribution in [0.5, 0.6) is 5.75 Å². The Balaban J connectivity index is 2.03. The molecule has 2 aliphatic rings. The van der Waals surface area contributed by atoms with Crippen LogP contribution >= 0.6 is 0 Å². The van der Waals surface area contributed by atoms with E-state index in [1.807, 2.05) is 13.8 Å². The Kier molecular flexibility index (Phi) is 3.94. The maximum Gasteiger partial charge on any atom is 0.126 e. The highest BCUT2D eigenvalue weighted by atomic mass is 19.1. The molecule has 2 aliphatic heterocycles. The van der Waals surface area contributed by atoms with Crippen molar-refractivity contribution in [2.75, 3.05) is 0 Å². The van der Waals surface area contributed by atoms with Gasteiger partial charge in [0.15, 0.2) is 0 Å². The minimum absolute atomic E-state index is 0.174. The lowest BCUT2D eigenvalue weighted by Crippen LogP contribution is -2.63. The number of hydrogen-bond acceptors (Lipinski definition) is 3. The SMILES string of the molecule is CC1CCCC(C)N1C1C(O)c2cc(F)ccc2OC1(C)C. The quantitative estimate of drug-likeness (QED) is 0.859. The van der Waals surface area contributed by atoms with Gasteiger partial charge < -0.3 is 9.84 Å². The van der Waals surface area contributed by atoms with Crippen molar-refractivity contribution in [3.63, 3.8) is 0 Å². The molecule has 22 heavy (non-hydrogen) atoms. The third kappa shape index (κ3) is 2.52. The van der Waals surface area contributed by atoms with E-state index in [4.69, 9.17) is 4.74 Å². The summed E-state index contributed by atoms with van der Waals surface area (Å²) in [4.78, 5) is 2.38. The summed E-state index contributed by atoms with van der Waals surface area (Å²) < 4.78 is 19.7. The molecule has 0 aromatic heterocycles. The fraction of sp³-hybridized carbons (Fsp3) is 0.667. The Morgan fingerprint density at radius 1 is 1.23 bits per heavy atom. The van der Waals surface area contributed by atoms with E-state index in [0.29, 0.717) is 23.4 Å². The first kappa shape index (κ1) is 15.8. The van der Waals surface area contributed by atoms with Crippen LogP contribution in [0.25, 0.3) is 0 Å². The lowest BCUT2D eigenvalue weighted by atomic mass is 9.81. The standard InChI is InChI=1S/C18H26FNO2/c1-11-6-5-7-12(2)20(11)17-16(21)14-10-13(19)8-9-15(14)22-18(17,3)4/h8-12,16-17,21H,5-7H2,1-4H3. The van der Waals surface area contributed by atoms with Crippen molar-refractivity contribution in [2.45, 2.75) is 76.8 Å². The zero-order valence-electron chi connectivity index (χ0n) is 13.8. The topological polar surface area (TPSA) is 32.7 Å². The molecule has 1 N–H and O–H groups in total. The number of fused-ring (bicyclic) bond motifs is 1. The number of halogens is 1. The first-order chi connectivity index (χ1) is 10.3. The lowest BCUT2D eigenvalue weighted by Gasteiger charge is -2.53. The zero-order valence-corrected chi connectivity index (χ0v) is 13.8. The second-order valence-electron chi connectivity index (χ2n) is 7.35. The molecule has 0 spiro atoms. The summed E-state index contributed by atoms with van der Waals surface area (Å²) in [5.41, 5.74) is 0.0405. The van der Waals surface area contributed by atoms with Crippen LogP contribution in [0, 0.1) is 5.82 Å². The largest absolute Gasteiger partial charge is 0.486 e. The third-order valence-electron chi connectivity index (χ3n) is 5.26. The molecule has 0 saturated carbocycles. The van der Waals surface area contributed by atoms with E-state index in [-0.39, 0.29) is 11.9 Å². The second kappa shape index (κ2) is 5.50.